The molecule has 114 valence electrons. The quantitative estimate of drug-likeness (QED) is 0.944. The molecule has 1 aliphatic heterocycles. The van der Waals surface area contributed by atoms with Crippen LogP contribution in [0.3, 0.4) is 0 Å². The summed E-state index contributed by atoms with van der Waals surface area (Å²) in [5.41, 5.74) is 1.62. The Bertz CT molecular complexity index is 568. The highest BCUT2D eigenvalue weighted by Crippen LogP contribution is 2.30. The first kappa shape index (κ1) is 16.0. The molecule has 5 heteroatoms. The van der Waals surface area contributed by atoms with Gasteiger partial charge in [-0.15, -0.1) is 12.4 Å². The number of nitrogens with one attached hydrogen (secondary N) is 1. The Balaban J connectivity index is 0.00000161. The van der Waals surface area contributed by atoms with Crippen LogP contribution >= 0.6 is 12.4 Å². The first-order valence-corrected chi connectivity index (χ1v) is 7.00. The van der Waals surface area contributed by atoms with E-state index in [9.17, 15) is 4.39 Å². The lowest BCUT2D eigenvalue weighted by molar-refractivity contribution is 0.180. The maximum atomic E-state index is 13.9. The van der Waals surface area contributed by atoms with Crippen molar-refractivity contribution < 1.29 is 8.81 Å². The van der Waals surface area contributed by atoms with Crippen LogP contribution in [0.25, 0.3) is 0 Å². The molecule has 0 radical (unpaired) electrons. The molecule has 1 saturated heterocycles. The van der Waals surface area contributed by atoms with E-state index in [4.69, 9.17) is 4.42 Å². The molecule has 0 aliphatic carbocycles. The van der Waals surface area contributed by atoms with Crippen molar-refractivity contribution in [2.75, 3.05) is 26.2 Å². The van der Waals surface area contributed by atoms with Gasteiger partial charge in [0.15, 0.2) is 0 Å². The maximum Gasteiger partial charge on any atom is 0.126 e. The van der Waals surface area contributed by atoms with E-state index in [1.54, 1.807) is 19.3 Å². The van der Waals surface area contributed by atoms with Crippen LogP contribution in [0.5, 0.6) is 0 Å². The second-order valence-electron chi connectivity index (χ2n) is 5.21. The lowest BCUT2D eigenvalue weighted by Gasteiger charge is -2.34. The van der Waals surface area contributed by atoms with E-state index < -0.39 is 0 Å². The first-order valence-electron chi connectivity index (χ1n) is 7.00. The molecule has 1 atom stereocenters. The van der Waals surface area contributed by atoms with Gasteiger partial charge in [-0.3, -0.25) is 4.90 Å². The SMILES string of the molecule is Cc1ccc([C@H](c2ccco2)N2CCNCC2)cc1F.Cl. The summed E-state index contributed by atoms with van der Waals surface area (Å²) in [5.74, 6) is 0.712. The Morgan fingerprint density at radius 1 is 1.24 bits per heavy atom. The second-order valence-corrected chi connectivity index (χ2v) is 5.21. The van der Waals surface area contributed by atoms with Gasteiger partial charge in [-0.1, -0.05) is 12.1 Å². The molecule has 2 aromatic rings. The molecular weight excluding hydrogens is 291 g/mol. The van der Waals surface area contributed by atoms with Gasteiger partial charge in [0, 0.05) is 26.2 Å². The molecule has 0 bridgehead atoms. The van der Waals surface area contributed by atoms with Crippen LogP contribution in [-0.4, -0.2) is 31.1 Å². The largest absolute Gasteiger partial charge is 0.467 e. The summed E-state index contributed by atoms with van der Waals surface area (Å²) >= 11 is 0. The van der Waals surface area contributed by atoms with Crippen molar-refractivity contribution in [3.63, 3.8) is 0 Å². The van der Waals surface area contributed by atoms with Crippen molar-refractivity contribution >= 4 is 12.4 Å². The lowest BCUT2D eigenvalue weighted by atomic mass is 10.0. The fourth-order valence-electron chi connectivity index (χ4n) is 2.72. The van der Waals surface area contributed by atoms with Crippen LogP contribution in [0, 0.1) is 12.7 Å². The van der Waals surface area contributed by atoms with E-state index in [0.29, 0.717) is 5.56 Å². The lowest BCUT2D eigenvalue weighted by Crippen LogP contribution is -2.45. The first-order chi connectivity index (χ1) is 9.75. The van der Waals surface area contributed by atoms with Gasteiger partial charge in [0.1, 0.15) is 11.6 Å². The van der Waals surface area contributed by atoms with E-state index in [1.165, 1.54) is 0 Å². The summed E-state index contributed by atoms with van der Waals surface area (Å²) in [6, 6.07) is 9.29. The molecular formula is C16H20ClFN2O. The molecule has 1 aliphatic rings. The van der Waals surface area contributed by atoms with E-state index in [0.717, 1.165) is 37.5 Å². The standard InChI is InChI=1S/C16H19FN2O.ClH/c1-12-4-5-13(11-14(12)17)16(15-3-2-10-20-15)19-8-6-18-7-9-19;/h2-5,10-11,16,18H,6-9H2,1H3;1H/t16-;/m1./s1. The van der Waals surface area contributed by atoms with Gasteiger partial charge >= 0.3 is 0 Å². The Morgan fingerprint density at radius 3 is 2.62 bits per heavy atom. The topological polar surface area (TPSA) is 28.4 Å². The Hall–Kier alpha value is -1.36. The maximum absolute atomic E-state index is 13.9. The number of furan rings is 1. The normalized spacial score (nSPS) is 17.2. The minimum atomic E-state index is -0.158. The van der Waals surface area contributed by atoms with Crippen LogP contribution in [0.1, 0.15) is 22.9 Å². The van der Waals surface area contributed by atoms with Gasteiger partial charge < -0.3 is 9.73 Å². The number of nitrogens with zero attached hydrogens (tertiary/aromatic N) is 1. The summed E-state index contributed by atoms with van der Waals surface area (Å²) in [7, 11) is 0. The molecule has 1 N–H and O–H groups in total. The molecule has 1 aromatic heterocycles. The van der Waals surface area contributed by atoms with E-state index in [-0.39, 0.29) is 24.3 Å². The minimum absolute atomic E-state index is 0. The minimum Gasteiger partial charge on any atom is -0.467 e. The van der Waals surface area contributed by atoms with Gasteiger partial charge in [-0.2, -0.15) is 0 Å². The highest BCUT2D eigenvalue weighted by atomic mass is 35.5. The summed E-state index contributed by atoms with van der Waals surface area (Å²) in [5, 5.41) is 3.34. The average Bonchev–Trinajstić information content (AvgIpc) is 2.98. The fourth-order valence-corrected chi connectivity index (χ4v) is 2.72. The van der Waals surface area contributed by atoms with Gasteiger partial charge in [0.2, 0.25) is 0 Å². The second kappa shape index (κ2) is 7.07. The third-order valence-electron chi connectivity index (χ3n) is 3.84. The van der Waals surface area contributed by atoms with Crippen molar-refractivity contribution in [3.8, 4) is 0 Å². The zero-order valence-corrected chi connectivity index (χ0v) is 12.8. The summed E-state index contributed by atoms with van der Waals surface area (Å²) in [6.45, 7) is 5.55. The zero-order valence-electron chi connectivity index (χ0n) is 12.0. The molecule has 0 spiro atoms. The summed E-state index contributed by atoms with van der Waals surface area (Å²) in [6.07, 6.45) is 1.68. The van der Waals surface area contributed by atoms with Crippen molar-refractivity contribution in [3.05, 3.63) is 59.3 Å². The van der Waals surface area contributed by atoms with E-state index in [1.807, 2.05) is 24.3 Å². The zero-order chi connectivity index (χ0) is 13.9. The third kappa shape index (κ3) is 3.46. The molecule has 1 fully saturated rings. The predicted octanol–water partition coefficient (Wildman–Crippen LogP) is 3.14. The number of hydrogen-bond acceptors (Lipinski definition) is 3. The van der Waals surface area contributed by atoms with Crippen molar-refractivity contribution in [1.29, 1.82) is 0 Å². The van der Waals surface area contributed by atoms with Crippen molar-refractivity contribution in [2.24, 2.45) is 0 Å². The molecule has 3 nitrogen and oxygen atoms in total. The van der Waals surface area contributed by atoms with E-state index in [2.05, 4.69) is 10.2 Å². The highest BCUT2D eigenvalue weighted by Gasteiger charge is 2.26. The predicted molar refractivity (Wildman–Crippen MR) is 83.4 cm³/mol. The highest BCUT2D eigenvalue weighted by molar-refractivity contribution is 5.85. The molecule has 1 aromatic carbocycles. The number of halogens is 2. The van der Waals surface area contributed by atoms with Crippen LogP contribution < -0.4 is 5.32 Å². The molecule has 21 heavy (non-hydrogen) atoms. The van der Waals surface area contributed by atoms with Crippen molar-refractivity contribution in [2.45, 2.75) is 13.0 Å². The summed E-state index contributed by atoms with van der Waals surface area (Å²) < 4.78 is 19.5. The molecule has 0 unspecified atom stereocenters. The van der Waals surface area contributed by atoms with Crippen LogP contribution in [0.15, 0.2) is 41.0 Å². The third-order valence-corrected chi connectivity index (χ3v) is 3.84. The average molecular weight is 311 g/mol. The number of benzene rings is 1. The number of piperazine rings is 1. The van der Waals surface area contributed by atoms with Crippen LogP contribution in [0.4, 0.5) is 4.39 Å². The monoisotopic (exact) mass is 310 g/mol. The van der Waals surface area contributed by atoms with Crippen LogP contribution in [-0.2, 0) is 0 Å². The Morgan fingerprint density at radius 2 is 2.00 bits per heavy atom. The number of rotatable bonds is 3. The Kier molecular flexibility index (Phi) is 5.39. The number of aryl methyl sites for hydroxylation is 1. The van der Waals surface area contributed by atoms with Gasteiger partial charge in [0.25, 0.3) is 0 Å². The summed E-state index contributed by atoms with van der Waals surface area (Å²) in [4.78, 5) is 2.33. The van der Waals surface area contributed by atoms with E-state index >= 15 is 0 Å². The molecule has 2 heterocycles. The molecule has 3 rings (SSSR count). The van der Waals surface area contributed by atoms with Gasteiger partial charge in [0.05, 0.1) is 12.3 Å². The van der Waals surface area contributed by atoms with Crippen LogP contribution in [0.2, 0.25) is 0 Å². The molecule has 0 saturated carbocycles. The van der Waals surface area contributed by atoms with Gasteiger partial charge in [-0.05, 0) is 36.2 Å². The molecule has 0 amide bonds. The number of hydrogen-bond donors (Lipinski definition) is 1. The smallest absolute Gasteiger partial charge is 0.126 e. The Labute approximate surface area is 130 Å². The van der Waals surface area contributed by atoms with Gasteiger partial charge in [-0.25, -0.2) is 4.39 Å². The fraction of sp³-hybridized carbons (Fsp3) is 0.375. The van der Waals surface area contributed by atoms with Crippen molar-refractivity contribution in [1.82, 2.24) is 10.2 Å².